The van der Waals surface area contributed by atoms with Gasteiger partial charge in [0.25, 0.3) is 0 Å². The lowest BCUT2D eigenvalue weighted by Gasteiger charge is -2.26. The van der Waals surface area contributed by atoms with Crippen LogP contribution in [0.5, 0.6) is 11.5 Å². The monoisotopic (exact) mass is 348 g/mol. The van der Waals surface area contributed by atoms with E-state index < -0.39 is 0 Å². The van der Waals surface area contributed by atoms with Crippen LogP contribution in [0.15, 0.2) is 18.2 Å². The van der Waals surface area contributed by atoms with Crippen LogP contribution < -0.4 is 19.7 Å². The molecule has 4 heteroatoms. The first kappa shape index (κ1) is 18.5. The van der Waals surface area contributed by atoms with E-state index in [1.165, 1.54) is 57.3 Å². The average Bonchev–Trinajstić information content (AvgIpc) is 3.07. The summed E-state index contributed by atoms with van der Waals surface area (Å²) >= 11 is 0. The molecule has 0 aliphatic carbocycles. The van der Waals surface area contributed by atoms with Gasteiger partial charge in [0.05, 0.1) is 32.7 Å². The Morgan fingerprint density at radius 1 is 1.08 bits per heavy atom. The molecule has 0 radical (unpaired) electrons. The molecule has 0 aromatic heterocycles. The van der Waals surface area contributed by atoms with Crippen molar-refractivity contribution in [2.75, 3.05) is 33.5 Å². The van der Waals surface area contributed by atoms with Gasteiger partial charge >= 0.3 is 0 Å². The summed E-state index contributed by atoms with van der Waals surface area (Å²) in [6.07, 6.45) is 6.55. The first-order chi connectivity index (χ1) is 12.1. The largest absolute Gasteiger partial charge is 0.454 e. The van der Waals surface area contributed by atoms with Gasteiger partial charge in [0.15, 0.2) is 11.5 Å². The number of nitrogens with two attached hydrogens (primary N) is 1. The standard InChI is InChI=1S/C21H34N2O2/c1-16(2)4-5-17(8-11-22-19-9-12-23(3)13-10-19)18-6-7-20-21(14-18)25-15-24-20/h6-7,14,16-17,19,22H,4-5,8-13,15H2,1-3H3/p+2/t17-/m0/s1. The summed E-state index contributed by atoms with van der Waals surface area (Å²) < 4.78 is 11.1. The second-order valence-corrected chi connectivity index (χ2v) is 8.39. The zero-order chi connectivity index (χ0) is 17.6. The fraction of sp³-hybridized carbons (Fsp3) is 0.714. The number of hydrogen-bond donors (Lipinski definition) is 2. The van der Waals surface area contributed by atoms with E-state index in [2.05, 4.69) is 44.4 Å². The van der Waals surface area contributed by atoms with Gasteiger partial charge in [-0.3, -0.25) is 0 Å². The lowest BCUT2D eigenvalue weighted by Crippen LogP contribution is -3.12. The molecule has 0 saturated carbocycles. The molecule has 140 valence electrons. The molecule has 2 heterocycles. The predicted molar refractivity (Wildman–Crippen MR) is 100 cm³/mol. The number of hydrogen-bond acceptors (Lipinski definition) is 2. The van der Waals surface area contributed by atoms with Crippen LogP contribution in [0.2, 0.25) is 0 Å². The Kier molecular flexibility index (Phi) is 6.60. The lowest BCUT2D eigenvalue weighted by molar-refractivity contribution is -0.894. The molecule has 3 N–H and O–H groups in total. The highest BCUT2D eigenvalue weighted by Gasteiger charge is 2.23. The molecule has 1 saturated heterocycles. The molecular formula is C21H36N2O2+2. The molecule has 0 spiro atoms. The van der Waals surface area contributed by atoms with Crippen LogP contribution in [0.3, 0.4) is 0 Å². The van der Waals surface area contributed by atoms with Crippen molar-refractivity contribution < 1.29 is 19.7 Å². The summed E-state index contributed by atoms with van der Waals surface area (Å²) in [7, 11) is 2.32. The molecule has 2 aliphatic heterocycles. The van der Waals surface area contributed by atoms with E-state index in [0.29, 0.717) is 12.7 Å². The fourth-order valence-corrected chi connectivity index (χ4v) is 4.08. The van der Waals surface area contributed by atoms with Gasteiger partial charge in [0.2, 0.25) is 6.79 Å². The second-order valence-electron chi connectivity index (χ2n) is 8.39. The van der Waals surface area contributed by atoms with Crippen molar-refractivity contribution in [3.05, 3.63) is 23.8 Å². The summed E-state index contributed by atoms with van der Waals surface area (Å²) in [6, 6.07) is 7.39. The van der Waals surface area contributed by atoms with Gasteiger partial charge in [-0.05, 0) is 36.0 Å². The van der Waals surface area contributed by atoms with Gasteiger partial charge in [-0.1, -0.05) is 26.3 Å². The zero-order valence-electron chi connectivity index (χ0n) is 16.2. The Balaban J connectivity index is 1.55. The number of ether oxygens (including phenoxy) is 2. The molecule has 2 aliphatic rings. The molecule has 0 amide bonds. The van der Waals surface area contributed by atoms with Crippen molar-refractivity contribution in [1.29, 1.82) is 0 Å². The third-order valence-corrected chi connectivity index (χ3v) is 5.86. The summed E-state index contributed by atoms with van der Waals surface area (Å²) in [5.74, 6) is 3.21. The molecule has 0 unspecified atom stereocenters. The Morgan fingerprint density at radius 2 is 1.84 bits per heavy atom. The Labute approximate surface area is 152 Å². The molecule has 25 heavy (non-hydrogen) atoms. The van der Waals surface area contributed by atoms with Crippen LogP contribution in [0.25, 0.3) is 0 Å². The number of quaternary nitrogens is 2. The topological polar surface area (TPSA) is 39.5 Å². The molecule has 0 bridgehead atoms. The smallest absolute Gasteiger partial charge is 0.231 e. The minimum Gasteiger partial charge on any atom is -0.454 e. The highest BCUT2D eigenvalue weighted by Crippen LogP contribution is 2.36. The average molecular weight is 349 g/mol. The van der Waals surface area contributed by atoms with Crippen molar-refractivity contribution in [3.8, 4) is 11.5 Å². The van der Waals surface area contributed by atoms with E-state index in [0.717, 1.165) is 23.5 Å². The van der Waals surface area contributed by atoms with Gasteiger partial charge in [-0.15, -0.1) is 0 Å². The first-order valence-corrected chi connectivity index (χ1v) is 10.2. The Hall–Kier alpha value is -1.26. The van der Waals surface area contributed by atoms with Crippen molar-refractivity contribution in [1.82, 2.24) is 0 Å². The van der Waals surface area contributed by atoms with E-state index in [9.17, 15) is 0 Å². The van der Waals surface area contributed by atoms with E-state index >= 15 is 0 Å². The number of piperidine rings is 1. The highest BCUT2D eigenvalue weighted by atomic mass is 16.7. The van der Waals surface area contributed by atoms with Crippen LogP contribution in [0, 0.1) is 5.92 Å². The number of fused-ring (bicyclic) bond motifs is 1. The molecule has 1 atom stereocenters. The quantitative estimate of drug-likeness (QED) is 0.748. The van der Waals surface area contributed by atoms with Crippen molar-refractivity contribution in [2.24, 2.45) is 5.92 Å². The SMILES string of the molecule is CC(C)CC[C@@H](CC[NH2+]C1CC[NH+](C)CC1)c1ccc2c(c1)OCO2. The Bertz CT molecular complexity index is 539. The number of likely N-dealkylation sites (tertiary alicyclic amines) is 1. The number of benzene rings is 1. The number of nitrogens with one attached hydrogen (secondary N) is 1. The summed E-state index contributed by atoms with van der Waals surface area (Å²) in [5.41, 5.74) is 1.42. The fourth-order valence-electron chi connectivity index (χ4n) is 4.08. The van der Waals surface area contributed by atoms with E-state index in [4.69, 9.17) is 9.47 Å². The van der Waals surface area contributed by atoms with Crippen LogP contribution in [0.1, 0.15) is 57.4 Å². The summed E-state index contributed by atoms with van der Waals surface area (Å²) in [6.45, 7) is 8.91. The third-order valence-electron chi connectivity index (χ3n) is 5.86. The summed E-state index contributed by atoms with van der Waals surface area (Å²) in [4.78, 5) is 1.69. The minimum absolute atomic E-state index is 0.362. The third kappa shape index (κ3) is 5.35. The van der Waals surface area contributed by atoms with Gasteiger partial charge in [0, 0.05) is 19.3 Å². The molecule has 1 fully saturated rings. The molecular weight excluding hydrogens is 312 g/mol. The Morgan fingerprint density at radius 3 is 2.60 bits per heavy atom. The molecule has 1 aromatic rings. The van der Waals surface area contributed by atoms with Crippen LogP contribution >= 0.6 is 0 Å². The normalized spacial score (nSPS) is 23.8. The van der Waals surface area contributed by atoms with Gasteiger partial charge in [-0.25, -0.2) is 0 Å². The molecule has 4 nitrogen and oxygen atoms in total. The van der Waals surface area contributed by atoms with Crippen molar-refractivity contribution in [2.45, 2.75) is 57.9 Å². The number of rotatable bonds is 8. The maximum absolute atomic E-state index is 5.59. The first-order valence-electron chi connectivity index (χ1n) is 10.2. The van der Waals surface area contributed by atoms with Crippen LogP contribution in [-0.4, -0.2) is 39.5 Å². The molecule has 1 aromatic carbocycles. The maximum atomic E-state index is 5.59. The predicted octanol–water partition coefficient (Wildman–Crippen LogP) is 1.57. The van der Waals surface area contributed by atoms with Gasteiger partial charge in [0.1, 0.15) is 0 Å². The zero-order valence-corrected chi connectivity index (χ0v) is 16.2. The van der Waals surface area contributed by atoms with E-state index in [1.54, 1.807) is 4.90 Å². The van der Waals surface area contributed by atoms with Crippen molar-refractivity contribution >= 4 is 0 Å². The maximum Gasteiger partial charge on any atom is 0.231 e. The second kappa shape index (κ2) is 8.91. The highest BCUT2D eigenvalue weighted by molar-refractivity contribution is 5.45. The van der Waals surface area contributed by atoms with Crippen LogP contribution in [0.4, 0.5) is 0 Å². The van der Waals surface area contributed by atoms with Gasteiger partial charge < -0.3 is 19.7 Å². The van der Waals surface area contributed by atoms with Crippen LogP contribution in [-0.2, 0) is 0 Å². The van der Waals surface area contributed by atoms with E-state index in [-0.39, 0.29) is 0 Å². The minimum atomic E-state index is 0.362. The molecule has 3 rings (SSSR count). The van der Waals surface area contributed by atoms with Crippen molar-refractivity contribution in [3.63, 3.8) is 0 Å². The summed E-state index contributed by atoms with van der Waals surface area (Å²) in [5, 5.41) is 2.61. The van der Waals surface area contributed by atoms with Gasteiger partial charge in [-0.2, -0.15) is 0 Å². The lowest BCUT2D eigenvalue weighted by atomic mass is 9.88. The van der Waals surface area contributed by atoms with E-state index in [1.807, 2.05) is 0 Å².